The molecular formula is C24H17Cl2N3O2. The Morgan fingerprint density at radius 3 is 2.42 bits per heavy atom. The Kier molecular flexibility index (Phi) is 7.09. The molecule has 0 aromatic heterocycles. The minimum atomic E-state index is -0.624. The number of hydrogen-bond donors (Lipinski definition) is 2. The van der Waals surface area contributed by atoms with Crippen LogP contribution in [0.1, 0.15) is 21.5 Å². The van der Waals surface area contributed by atoms with E-state index in [9.17, 15) is 14.9 Å². The van der Waals surface area contributed by atoms with E-state index in [0.717, 1.165) is 5.56 Å². The third-order valence-electron chi connectivity index (χ3n) is 4.31. The Labute approximate surface area is 189 Å². The predicted molar refractivity (Wildman–Crippen MR) is 124 cm³/mol. The smallest absolute Gasteiger partial charge is 0.266 e. The van der Waals surface area contributed by atoms with Gasteiger partial charge in [0.1, 0.15) is 11.6 Å². The molecule has 0 radical (unpaired) electrons. The van der Waals surface area contributed by atoms with Crippen molar-refractivity contribution in [1.29, 1.82) is 5.26 Å². The fraction of sp³-hybridized carbons (Fsp3) is 0.0417. The van der Waals surface area contributed by atoms with Gasteiger partial charge in [-0.2, -0.15) is 5.26 Å². The molecule has 154 valence electrons. The largest absolute Gasteiger partial charge is 0.322 e. The minimum absolute atomic E-state index is 0.127. The molecular weight excluding hydrogens is 433 g/mol. The number of aryl methyl sites for hydroxylation is 1. The number of rotatable bonds is 5. The maximum atomic E-state index is 12.5. The fourth-order valence-corrected chi connectivity index (χ4v) is 3.05. The lowest BCUT2D eigenvalue weighted by Crippen LogP contribution is -2.14. The van der Waals surface area contributed by atoms with Crippen LogP contribution in [0.15, 0.2) is 72.3 Å². The van der Waals surface area contributed by atoms with Crippen molar-refractivity contribution < 1.29 is 9.59 Å². The van der Waals surface area contributed by atoms with Crippen molar-refractivity contribution in [2.24, 2.45) is 0 Å². The van der Waals surface area contributed by atoms with Crippen LogP contribution in [0.5, 0.6) is 0 Å². The second-order valence-corrected chi connectivity index (χ2v) is 7.54. The van der Waals surface area contributed by atoms with Crippen LogP contribution >= 0.6 is 23.2 Å². The first-order valence-electron chi connectivity index (χ1n) is 9.22. The molecule has 0 aliphatic carbocycles. The van der Waals surface area contributed by atoms with Crippen molar-refractivity contribution in [3.05, 3.63) is 99.0 Å². The average Bonchev–Trinajstić information content (AvgIpc) is 2.75. The molecule has 31 heavy (non-hydrogen) atoms. The summed E-state index contributed by atoms with van der Waals surface area (Å²) >= 11 is 12.0. The standard InChI is InChI=1S/C24H17Cl2N3O2/c1-15-5-7-17(8-6-15)23(30)28-20-4-2-3-16(12-20)11-18(14-27)24(31)29-22-13-19(25)9-10-21(22)26/h2-13H,1H3,(H,28,30)(H,29,31)/b18-11+. The first kappa shape index (κ1) is 22.1. The van der Waals surface area contributed by atoms with Gasteiger partial charge in [0, 0.05) is 16.3 Å². The Hall–Kier alpha value is -3.59. The van der Waals surface area contributed by atoms with E-state index in [1.165, 1.54) is 12.1 Å². The number of carbonyl (C=O) groups excluding carboxylic acids is 2. The normalized spacial score (nSPS) is 10.8. The van der Waals surface area contributed by atoms with Gasteiger partial charge in [-0.3, -0.25) is 9.59 Å². The molecule has 3 rings (SSSR count). The van der Waals surface area contributed by atoms with Crippen LogP contribution in [0.3, 0.4) is 0 Å². The van der Waals surface area contributed by atoms with Crippen LogP contribution in [0.25, 0.3) is 6.08 Å². The monoisotopic (exact) mass is 449 g/mol. The van der Waals surface area contributed by atoms with E-state index < -0.39 is 5.91 Å². The summed E-state index contributed by atoms with van der Waals surface area (Å²) in [6.07, 6.45) is 1.43. The molecule has 0 saturated carbocycles. The molecule has 5 nitrogen and oxygen atoms in total. The summed E-state index contributed by atoms with van der Waals surface area (Å²) in [6.45, 7) is 1.95. The van der Waals surface area contributed by atoms with Gasteiger partial charge >= 0.3 is 0 Å². The zero-order valence-electron chi connectivity index (χ0n) is 16.4. The van der Waals surface area contributed by atoms with Crippen LogP contribution in [0.2, 0.25) is 10.0 Å². The molecule has 3 aromatic rings. The second kappa shape index (κ2) is 9.94. The van der Waals surface area contributed by atoms with E-state index in [-0.39, 0.29) is 11.5 Å². The summed E-state index contributed by atoms with van der Waals surface area (Å²) in [5, 5.41) is 15.5. The third-order valence-corrected chi connectivity index (χ3v) is 4.88. The van der Waals surface area contributed by atoms with E-state index in [0.29, 0.717) is 32.5 Å². The zero-order chi connectivity index (χ0) is 22.4. The molecule has 0 aliphatic heterocycles. The van der Waals surface area contributed by atoms with E-state index in [1.807, 2.05) is 25.1 Å². The van der Waals surface area contributed by atoms with Gasteiger partial charge in [-0.15, -0.1) is 0 Å². The summed E-state index contributed by atoms with van der Waals surface area (Å²) in [5.74, 6) is -0.879. The molecule has 7 heteroatoms. The van der Waals surface area contributed by atoms with Gasteiger partial charge in [-0.05, 0) is 61.0 Å². The third kappa shape index (κ3) is 5.95. The van der Waals surface area contributed by atoms with Crippen LogP contribution < -0.4 is 10.6 Å². The Bertz CT molecular complexity index is 1210. The van der Waals surface area contributed by atoms with Crippen LogP contribution in [0.4, 0.5) is 11.4 Å². The maximum Gasteiger partial charge on any atom is 0.266 e. The highest BCUT2D eigenvalue weighted by Gasteiger charge is 2.12. The molecule has 0 aliphatic rings. The second-order valence-electron chi connectivity index (χ2n) is 6.69. The number of nitrogens with one attached hydrogen (secondary N) is 2. The van der Waals surface area contributed by atoms with E-state index >= 15 is 0 Å². The molecule has 3 aromatic carbocycles. The van der Waals surface area contributed by atoms with Gasteiger partial charge in [0.05, 0.1) is 10.7 Å². The lowest BCUT2D eigenvalue weighted by molar-refractivity contribution is -0.112. The number of hydrogen-bond acceptors (Lipinski definition) is 3. The molecule has 2 amide bonds. The number of benzene rings is 3. The van der Waals surface area contributed by atoms with E-state index in [4.69, 9.17) is 23.2 Å². The van der Waals surface area contributed by atoms with Crippen molar-refractivity contribution in [2.45, 2.75) is 6.92 Å². The molecule has 0 saturated heterocycles. The highest BCUT2D eigenvalue weighted by Crippen LogP contribution is 2.26. The molecule has 0 unspecified atom stereocenters. The first-order chi connectivity index (χ1) is 14.9. The lowest BCUT2D eigenvalue weighted by atomic mass is 10.1. The van der Waals surface area contributed by atoms with Crippen molar-refractivity contribution in [1.82, 2.24) is 0 Å². The topological polar surface area (TPSA) is 82.0 Å². The van der Waals surface area contributed by atoms with Crippen LogP contribution in [-0.4, -0.2) is 11.8 Å². The quantitative estimate of drug-likeness (QED) is 0.364. The molecule has 2 N–H and O–H groups in total. The fourth-order valence-electron chi connectivity index (χ4n) is 2.71. The zero-order valence-corrected chi connectivity index (χ0v) is 18.0. The number of halogens is 2. The van der Waals surface area contributed by atoms with Crippen molar-refractivity contribution in [3.63, 3.8) is 0 Å². The van der Waals surface area contributed by atoms with Gasteiger partial charge in [0.15, 0.2) is 0 Å². The number of nitrogens with zero attached hydrogens (tertiary/aromatic N) is 1. The van der Waals surface area contributed by atoms with Crippen molar-refractivity contribution >= 4 is 52.5 Å². The summed E-state index contributed by atoms with van der Waals surface area (Å²) in [7, 11) is 0. The van der Waals surface area contributed by atoms with Gasteiger partial charge in [0.2, 0.25) is 0 Å². The number of nitriles is 1. The Morgan fingerprint density at radius 1 is 0.968 bits per heavy atom. The van der Waals surface area contributed by atoms with Crippen molar-refractivity contribution in [3.8, 4) is 6.07 Å². The van der Waals surface area contributed by atoms with Gasteiger partial charge in [-0.1, -0.05) is 53.0 Å². The molecule has 0 bridgehead atoms. The summed E-state index contributed by atoms with van der Waals surface area (Å²) < 4.78 is 0. The predicted octanol–water partition coefficient (Wildman–Crippen LogP) is 6.10. The van der Waals surface area contributed by atoms with Gasteiger partial charge in [-0.25, -0.2) is 0 Å². The maximum absolute atomic E-state index is 12.5. The average molecular weight is 450 g/mol. The number of carbonyl (C=O) groups is 2. The molecule has 0 heterocycles. The summed E-state index contributed by atoms with van der Waals surface area (Å²) in [5.41, 5.74) is 2.88. The molecule has 0 fully saturated rings. The van der Waals surface area contributed by atoms with Gasteiger partial charge < -0.3 is 10.6 Å². The van der Waals surface area contributed by atoms with Gasteiger partial charge in [0.25, 0.3) is 11.8 Å². The highest BCUT2D eigenvalue weighted by atomic mass is 35.5. The summed E-state index contributed by atoms with van der Waals surface area (Å²) in [4.78, 5) is 24.9. The van der Waals surface area contributed by atoms with Crippen LogP contribution in [-0.2, 0) is 4.79 Å². The van der Waals surface area contributed by atoms with E-state index in [2.05, 4.69) is 10.6 Å². The molecule has 0 atom stereocenters. The first-order valence-corrected chi connectivity index (χ1v) is 9.97. The lowest BCUT2D eigenvalue weighted by Gasteiger charge is -2.08. The molecule has 0 spiro atoms. The Balaban J connectivity index is 1.77. The van der Waals surface area contributed by atoms with E-state index in [1.54, 1.807) is 48.5 Å². The number of anilines is 2. The highest BCUT2D eigenvalue weighted by molar-refractivity contribution is 6.36. The Morgan fingerprint density at radius 2 is 1.71 bits per heavy atom. The summed E-state index contributed by atoms with van der Waals surface area (Å²) in [6, 6.07) is 20.6. The number of amides is 2. The minimum Gasteiger partial charge on any atom is -0.322 e. The SMILES string of the molecule is Cc1ccc(C(=O)Nc2cccc(/C=C(\C#N)C(=O)Nc3cc(Cl)ccc3Cl)c2)cc1. The van der Waals surface area contributed by atoms with Crippen LogP contribution in [0, 0.1) is 18.3 Å². The van der Waals surface area contributed by atoms with Crippen molar-refractivity contribution in [2.75, 3.05) is 10.6 Å².